The summed E-state index contributed by atoms with van der Waals surface area (Å²) < 4.78 is 2.26. The summed E-state index contributed by atoms with van der Waals surface area (Å²) >= 11 is 1.73. The molecule has 0 N–H and O–H groups in total. The number of imidazole rings is 1. The standard InChI is InChI=1S/C29H34N4OS/c1-4-5-6-23-9-13-25(14-10-23)28(34)32-17-15-31(16-18-32)20-26-27(24-11-7-21(2)8-12-24)30-29-33(26)19-22(3)35-29/h7-14,19H,4-6,15-18,20H2,1-3H3. The van der Waals surface area contributed by atoms with E-state index in [1.54, 1.807) is 11.3 Å². The van der Waals surface area contributed by atoms with E-state index in [4.69, 9.17) is 4.98 Å². The molecule has 6 heteroatoms. The number of benzene rings is 2. The quantitative estimate of drug-likeness (QED) is 0.323. The summed E-state index contributed by atoms with van der Waals surface area (Å²) in [5.41, 5.74) is 6.83. The second kappa shape index (κ2) is 10.3. The van der Waals surface area contributed by atoms with Crippen LogP contribution in [0.15, 0.2) is 54.7 Å². The molecule has 5 nitrogen and oxygen atoms in total. The van der Waals surface area contributed by atoms with Crippen LogP contribution in [0.1, 0.15) is 51.8 Å². The predicted octanol–water partition coefficient (Wildman–Crippen LogP) is 5.98. The van der Waals surface area contributed by atoms with Gasteiger partial charge < -0.3 is 4.90 Å². The van der Waals surface area contributed by atoms with Gasteiger partial charge in [-0.15, -0.1) is 11.3 Å². The van der Waals surface area contributed by atoms with Crippen molar-refractivity contribution in [2.75, 3.05) is 26.2 Å². The van der Waals surface area contributed by atoms with Gasteiger partial charge >= 0.3 is 0 Å². The zero-order valence-corrected chi connectivity index (χ0v) is 21.8. The van der Waals surface area contributed by atoms with Gasteiger partial charge in [0.2, 0.25) is 0 Å². The molecular weight excluding hydrogens is 452 g/mol. The van der Waals surface area contributed by atoms with Crippen molar-refractivity contribution in [2.45, 2.75) is 46.6 Å². The van der Waals surface area contributed by atoms with Gasteiger partial charge in [0.15, 0.2) is 4.96 Å². The van der Waals surface area contributed by atoms with Gasteiger partial charge in [0.05, 0.1) is 11.4 Å². The summed E-state index contributed by atoms with van der Waals surface area (Å²) in [5.74, 6) is 0.146. The fourth-order valence-corrected chi connectivity index (χ4v) is 5.64. The second-order valence-corrected chi connectivity index (χ2v) is 10.8. The molecule has 0 spiro atoms. The zero-order valence-electron chi connectivity index (χ0n) is 21.0. The summed E-state index contributed by atoms with van der Waals surface area (Å²) in [6, 6.07) is 16.9. The summed E-state index contributed by atoms with van der Waals surface area (Å²) in [7, 11) is 0. The van der Waals surface area contributed by atoms with E-state index >= 15 is 0 Å². The maximum absolute atomic E-state index is 13.1. The van der Waals surface area contributed by atoms with E-state index in [2.05, 4.69) is 72.7 Å². The lowest BCUT2D eigenvalue weighted by atomic mass is 10.1. The molecule has 0 radical (unpaired) electrons. The normalized spacial score (nSPS) is 14.7. The number of hydrogen-bond acceptors (Lipinski definition) is 4. The Labute approximate surface area is 212 Å². The first-order valence-electron chi connectivity index (χ1n) is 12.7. The molecule has 0 atom stereocenters. The SMILES string of the molecule is CCCCc1ccc(C(=O)N2CCN(Cc3c(-c4ccc(C)cc4)nc4sc(C)cn34)CC2)cc1. The molecule has 35 heavy (non-hydrogen) atoms. The largest absolute Gasteiger partial charge is 0.336 e. The van der Waals surface area contributed by atoms with Gasteiger partial charge in [0, 0.05) is 54.9 Å². The number of nitrogens with zero attached hydrogens (tertiary/aromatic N) is 4. The third kappa shape index (κ3) is 5.19. The van der Waals surface area contributed by atoms with E-state index in [-0.39, 0.29) is 5.91 Å². The van der Waals surface area contributed by atoms with Gasteiger partial charge in [-0.25, -0.2) is 4.98 Å². The van der Waals surface area contributed by atoms with E-state index < -0.39 is 0 Å². The fourth-order valence-electron chi connectivity index (χ4n) is 4.79. The van der Waals surface area contributed by atoms with Crippen LogP contribution in [0.25, 0.3) is 16.2 Å². The maximum Gasteiger partial charge on any atom is 0.253 e. The Kier molecular flexibility index (Phi) is 7.02. The highest BCUT2D eigenvalue weighted by Gasteiger charge is 2.25. The first-order valence-corrected chi connectivity index (χ1v) is 13.5. The number of thiazole rings is 1. The number of hydrogen-bond donors (Lipinski definition) is 0. The molecular formula is C29H34N4OS. The highest BCUT2D eigenvalue weighted by molar-refractivity contribution is 7.17. The number of fused-ring (bicyclic) bond motifs is 1. The van der Waals surface area contributed by atoms with Crippen LogP contribution in [0.3, 0.4) is 0 Å². The van der Waals surface area contributed by atoms with E-state index in [1.165, 1.54) is 34.5 Å². The third-order valence-electron chi connectivity index (χ3n) is 6.92. The first-order chi connectivity index (χ1) is 17.0. The topological polar surface area (TPSA) is 40.9 Å². The molecule has 0 bridgehead atoms. The van der Waals surface area contributed by atoms with Gasteiger partial charge in [0.25, 0.3) is 5.91 Å². The highest BCUT2D eigenvalue weighted by atomic mass is 32.1. The van der Waals surface area contributed by atoms with Crippen LogP contribution >= 0.6 is 11.3 Å². The Morgan fingerprint density at radius 1 is 0.971 bits per heavy atom. The lowest BCUT2D eigenvalue weighted by Crippen LogP contribution is -2.48. The van der Waals surface area contributed by atoms with Gasteiger partial charge in [0.1, 0.15) is 0 Å². The molecule has 3 heterocycles. The molecule has 4 aromatic rings. The summed E-state index contributed by atoms with van der Waals surface area (Å²) in [4.78, 5) is 24.8. The zero-order chi connectivity index (χ0) is 24.4. The van der Waals surface area contributed by atoms with Crippen molar-refractivity contribution < 1.29 is 4.79 Å². The van der Waals surface area contributed by atoms with E-state index in [1.807, 2.05) is 17.0 Å². The van der Waals surface area contributed by atoms with E-state index in [0.717, 1.165) is 60.9 Å². The van der Waals surface area contributed by atoms with E-state index in [9.17, 15) is 4.79 Å². The summed E-state index contributed by atoms with van der Waals surface area (Å²) in [6.07, 6.45) is 5.66. The minimum absolute atomic E-state index is 0.146. The summed E-state index contributed by atoms with van der Waals surface area (Å²) in [6.45, 7) is 10.5. The number of piperazine rings is 1. The molecule has 0 unspecified atom stereocenters. The smallest absolute Gasteiger partial charge is 0.253 e. The molecule has 2 aromatic heterocycles. The Bertz CT molecular complexity index is 1300. The van der Waals surface area contributed by atoms with Gasteiger partial charge in [-0.2, -0.15) is 0 Å². The van der Waals surface area contributed by atoms with Crippen molar-refractivity contribution in [3.8, 4) is 11.3 Å². The highest BCUT2D eigenvalue weighted by Crippen LogP contribution is 2.30. The lowest BCUT2D eigenvalue weighted by Gasteiger charge is -2.34. The molecule has 2 aromatic carbocycles. The molecule has 1 aliphatic rings. The van der Waals surface area contributed by atoms with Crippen molar-refractivity contribution in [1.29, 1.82) is 0 Å². The van der Waals surface area contributed by atoms with Crippen LogP contribution in [0.2, 0.25) is 0 Å². The summed E-state index contributed by atoms with van der Waals surface area (Å²) in [5, 5.41) is 0. The van der Waals surface area contributed by atoms with Crippen molar-refractivity contribution in [3.63, 3.8) is 0 Å². The minimum Gasteiger partial charge on any atom is -0.336 e. The number of carbonyl (C=O) groups excluding carboxylic acids is 1. The maximum atomic E-state index is 13.1. The van der Waals surface area contributed by atoms with Crippen LogP contribution in [-0.4, -0.2) is 51.3 Å². The average molecular weight is 487 g/mol. The van der Waals surface area contributed by atoms with Crippen LogP contribution in [0.4, 0.5) is 0 Å². The Balaban J connectivity index is 1.27. The van der Waals surface area contributed by atoms with Crippen LogP contribution in [0.5, 0.6) is 0 Å². The molecule has 1 amide bonds. The number of amides is 1. The van der Waals surface area contributed by atoms with Crippen LogP contribution < -0.4 is 0 Å². The fraction of sp³-hybridized carbons (Fsp3) is 0.379. The second-order valence-electron chi connectivity index (χ2n) is 9.64. The van der Waals surface area contributed by atoms with Crippen LogP contribution in [-0.2, 0) is 13.0 Å². The molecule has 1 saturated heterocycles. The van der Waals surface area contributed by atoms with Crippen molar-refractivity contribution in [2.24, 2.45) is 0 Å². The lowest BCUT2D eigenvalue weighted by molar-refractivity contribution is 0.0627. The van der Waals surface area contributed by atoms with Gasteiger partial charge in [-0.3, -0.25) is 14.1 Å². The van der Waals surface area contributed by atoms with Crippen molar-refractivity contribution >= 4 is 22.2 Å². The van der Waals surface area contributed by atoms with Crippen molar-refractivity contribution in [3.05, 3.63) is 82.0 Å². The molecule has 1 fully saturated rings. The number of rotatable bonds is 7. The minimum atomic E-state index is 0.146. The Morgan fingerprint density at radius 3 is 2.37 bits per heavy atom. The number of unbranched alkanes of at least 4 members (excludes halogenated alkanes) is 1. The van der Waals surface area contributed by atoms with Gasteiger partial charge in [-0.05, 0) is 44.4 Å². The number of aryl methyl sites for hydroxylation is 3. The molecule has 182 valence electrons. The molecule has 0 aliphatic carbocycles. The van der Waals surface area contributed by atoms with Crippen molar-refractivity contribution in [1.82, 2.24) is 19.2 Å². The average Bonchev–Trinajstić information content (AvgIpc) is 3.40. The molecule has 0 saturated carbocycles. The van der Waals surface area contributed by atoms with E-state index in [0.29, 0.717) is 0 Å². The Hall–Kier alpha value is -2.96. The number of aromatic nitrogens is 2. The van der Waals surface area contributed by atoms with Crippen LogP contribution in [0, 0.1) is 13.8 Å². The van der Waals surface area contributed by atoms with Gasteiger partial charge in [-0.1, -0.05) is 55.3 Å². The monoisotopic (exact) mass is 486 g/mol. The molecule has 5 rings (SSSR count). The Morgan fingerprint density at radius 2 is 1.69 bits per heavy atom. The number of carbonyl (C=O) groups is 1. The molecule has 1 aliphatic heterocycles. The predicted molar refractivity (Wildman–Crippen MR) is 144 cm³/mol. The third-order valence-corrected chi connectivity index (χ3v) is 7.82. The first kappa shape index (κ1) is 23.8.